The summed E-state index contributed by atoms with van der Waals surface area (Å²) >= 11 is 0. The first kappa shape index (κ1) is 15.4. The van der Waals surface area contributed by atoms with E-state index in [1.54, 1.807) is 0 Å². The third-order valence-corrected chi connectivity index (χ3v) is 3.08. The molecule has 0 saturated carbocycles. The number of carbonyl (C=O) groups is 1. The largest absolute Gasteiger partial charge is 0.480 e. The van der Waals surface area contributed by atoms with E-state index in [0.29, 0.717) is 5.56 Å². The van der Waals surface area contributed by atoms with E-state index in [4.69, 9.17) is 5.11 Å². The standard InChI is InChI=1S/C12H12N4O6/c1-5(12(19)20)13-4-6-2-7(16(21)22)3-8-9(6)15-11(18)10(17)14-8/h2-3,5,13H,4H2,1H3,(H,14,17)(H,15,18)(H,19,20)/t5-/m0/s1. The molecule has 1 atom stereocenters. The van der Waals surface area contributed by atoms with E-state index in [1.165, 1.54) is 13.0 Å². The molecule has 22 heavy (non-hydrogen) atoms. The fraction of sp³-hybridized carbons (Fsp3) is 0.250. The number of aliphatic carboxylic acids is 1. The first-order valence-electron chi connectivity index (χ1n) is 6.19. The molecule has 0 aliphatic carbocycles. The number of hydrogen-bond donors (Lipinski definition) is 4. The molecule has 0 bridgehead atoms. The highest BCUT2D eigenvalue weighted by molar-refractivity contribution is 5.80. The van der Waals surface area contributed by atoms with E-state index in [0.717, 1.165) is 6.07 Å². The van der Waals surface area contributed by atoms with Crippen molar-refractivity contribution >= 4 is 22.7 Å². The third-order valence-electron chi connectivity index (χ3n) is 3.08. The maximum Gasteiger partial charge on any atom is 0.320 e. The van der Waals surface area contributed by atoms with Gasteiger partial charge in [-0.3, -0.25) is 24.5 Å². The van der Waals surface area contributed by atoms with Gasteiger partial charge in [-0.2, -0.15) is 0 Å². The monoisotopic (exact) mass is 308 g/mol. The zero-order valence-electron chi connectivity index (χ0n) is 11.4. The number of aromatic nitrogens is 2. The second kappa shape index (κ2) is 5.77. The molecule has 0 amide bonds. The number of fused-ring (bicyclic) bond motifs is 1. The Kier molecular flexibility index (Phi) is 4.04. The zero-order chi connectivity index (χ0) is 16.4. The van der Waals surface area contributed by atoms with Crippen LogP contribution in [0.5, 0.6) is 0 Å². The summed E-state index contributed by atoms with van der Waals surface area (Å²) in [5, 5.41) is 22.4. The molecule has 2 rings (SSSR count). The molecule has 0 saturated heterocycles. The van der Waals surface area contributed by atoms with E-state index in [1.807, 2.05) is 0 Å². The molecule has 0 unspecified atom stereocenters. The quantitative estimate of drug-likeness (QED) is 0.335. The Morgan fingerprint density at radius 3 is 2.59 bits per heavy atom. The molecular formula is C12H12N4O6. The lowest BCUT2D eigenvalue weighted by atomic mass is 10.1. The van der Waals surface area contributed by atoms with Crippen LogP contribution in [0.1, 0.15) is 12.5 Å². The van der Waals surface area contributed by atoms with Gasteiger partial charge in [-0.05, 0) is 12.5 Å². The highest BCUT2D eigenvalue weighted by atomic mass is 16.6. The molecule has 1 aromatic heterocycles. The predicted octanol–water partition coefficient (Wildman–Crippen LogP) is -0.313. The van der Waals surface area contributed by atoms with Gasteiger partial charge in [0.15, 0.2) is 0 Å². The van der Waals surface area contributed by atoms with E-state index < -0.39 is 28.1 Å². The SMILES string of the molecule is C[C@H](NCc1cc([N+](=O)[O-])cc2[nH]c(=O)c(=O)[nH]c12)C(=O)O. The molecule has 0 aliphatic heterocycles. The molecule has 1 aromatic carbocycles. The second-order valence-electron chi connectivity index (χ2n) is 4.63. The van der Waals surface area contributed by atoms with Crippen LogP contribution in [-0.4, -0.2) is 32.0 Å². The van der Waals surface area contributed by atoms with Crippen molar-refractivity contribution in [3.05, 3.63) is 48.5 Å². The maximum absolute atomic E-state index is 11.4. The molecule has 0 fully saturated rings. The first-order valence-corrected chi connectivity index (χ1v) is 6.19. The Morgan fingerprint density at radius 1 is 1.36 bits per heavy atom. The molecule has 1 heterocycles. The lowest BCUT2D eigenvalue weighted by molar-refractivity contribution is -0.384. The van der Waals surface area contributed by atoms with E-state index >= 15 is 0 Å². The van der Waals surface area contributed by atoms with Crippen LogP contribution in [0.15, 0.2) is 21.7 Å². The van der Waals surface area contributed by atoms with Crippen molar-refractivity contribution in [2.75, 3.05) is 0 Å². The second-order valence-corrected chi connectivity index (χ2v) is 4.63. The van der Waals surface area contributed by atoms with Gasteiger partial charge in [-0.25, -0.2) is 0 Å². The van der Waals surface area contributed by atoms with Crippen LogP contribution >= 0.6 is 0 Å². The van der Waals surface area contributed by atoms with Crippen LogP contribution in [-0.2, 0) is 11.3 Å². The maximum atomic E-state index is 11.4. The number of rotatable bonds is 5. The number of aromatic amines is 2. The van der Waals surface area contributed by atoms with Crippen LogP contribution in [0.25, 0.3) is 11.0 Å². The lowest BCUT2D eigenvalue weighted by Crippen LogP contribution is -2.34. The van der Waals surface area contributed by atoms with Crippen molar-refractivity contribution in [3.63, 3.8) is 0 Å². The van der Waals surface area contributed by atoms with Crippen molar-refractivity contribution in [1.82, 2.24) is 15.3 Å². The minimum absolute atomic E-state index is 0.0341. The number of nitrogens with zero attached hydrogens (tertiary/aromatic N) is 1. The van der Waals surface area contributed by atoms with Gasteiger partial charge in [0.25, 0.3) is 5.69 Å². The summed E-state index contributed by atoms with van der Waals surface area (Å²) in [6.07, 6.45) is 0. The Balaban J connectivity index is 2.56. The van der Waals surface area contributed by atoms with Gasteiger partial charge in [0.05, 0.1) is 16.0 Å². The Bertz CT molecular complexity index is 868. The van der Waals surface area contributed by atoms with Crippen LogP contribution in [0.3, 0.4) is 0 Å². The van der Waals surface area contributed by atoms with Gasteiger partial charge < -0.3 is 20.4 Å². The van der Waals surface area contributed by atoms with Gasteiger partial charge in [0.1, 0.15) is 6.04 Å². The number of non-ortho nitro benzene ring substituents is 1. The van der Waals surface area contributed by atoms with Crippen LogP contribution in [0, 0.1) is 10.1 Å². The summed E-state index contributed by atoms with van der Waals surface area (Å²) in [6.45, 7) is 1.38. The summed E-state index contributed by atoms with van der Waals surface area (Å²) in [4.78, 5) is 48.4. The van der Waals surface area contributed by atoms with Crippen molar-refractivity contribution in [2.45, 2.75) is 19.5 Å². The highest BCUT2D eigenvalue weighted by Crippen LogP contribution is 2.21. The topological polar surface area (TPSA) is 158 Å². The van der Waals surface area contributed by atoms with Crippen molar-refractivity contribution in [3.8, 4) is 0 Å². The number of benzene rings is 1. The summed E-state index contributed by atoms with van der Waals surface area (Å²) in [5.74, 6) is -1.09. The van der Waals surface area contributed by atoms with Gasteiger partial charge >= 0.3 is 17.1 Å². The fourth-order valence-corrected chi connectivity index (χ4v) is 1.88. The van der Waals surface area contributed by atoms with Gasteiger partial charge in [-0.1, -0.05) is 0 Å². The average Bonchev–Trinajstić information content (AvgIpc) is 2.45. The summed E-state index contributed by atoms with van der Waals surface area (Å²) < 4.78 is 0. The summed E-state index contributed by atoms with van der Waals surface area (Å²) in [7, 11) is 0. The summed E-state index contributed by atoms with van der Waals surface area (Å²) in [6, 6.07) is 1.44. The third kappa shape index (κ3) is 3.01. The molecule has 116 valence electrons. The number of nitro groups is 1. The molecular weight excluding hydrogens is 296 g/mol. The molecule has 10 nitrogen and oxygen atoms in total. The summed E-state index contributed by atoms with van der Waals surface area (Å²) in [5.41, 5.74) is -1.50. The molecule has 0 spiro atoms. The number of carboxylic acids is 1. The Hall–Kier alpha value is -3.01. The number of carboxylic acid groups (broad SMARTS) is 1. The molecule has 0 radical (unpaired) electrons. The zero-order valence-corrected chi connectivity index (χ0v) is 11.4. The van der Waals surface area contributed by atoms with Crippen LogP contribution in [0.4, 0.5) is 5.69 Å². The van der Waals surface area contributed by atoms with Crippen LogP contribution in [0.2, 0.25) is 0 Å². The van der Waals surface area contributed by atoms with Gasteiger partial charge in [0.2, 0.25) is 0 Å². The minimum atomic E-state index is -1.09. The Morgan fingerprint density at radius 2 is 2.00 bits per heavy atom. The molecule has 0 aliphatic rings. The molecule has 10 heteroatoms. The van der Waals surface area contributed by atoms with Crippen molar-refractivity contribution in [1.29, 1.82) is 0 Å². The Labute approximate surface area is 121 Å². The van der Waals surface area contributed by atoms with E-state index in [-0.39, 0.29) is 23.3 Å². The highest BCUT2D eigenvalue weighted by Gasteiger charge is 2.16. The van der Waals surface area contributed by atoms with Gasteiger partial charge in [-0.15, -0.1) is 0 Å². The van der Waals surface area contributed by atoms with E-state index in [2.05, 4.69) is 15.3 Å². The van der Waals surface area contributed by atoms with Crippen molar-refractivity contribution < 1.29 is 14.8 Å². The van der Waals surface area contributed by atoms with Crippen molar-refractivity contribution in [2.24, 2.45) is 0 Å². The number of hydrogen-bond acceptors (Lipinski definition) is 6. The normalized spacial score (nSPS) is 12.2. The predicted molar refractivity (Wildman–Crippen MR) is 75.8 cm³/mol. The average molecular weight is 308 g/mol. The van der Waals surface area contributed by atoms with Crippen LogP contribution < -0.4 is 16.4 Å². The molecule has 2 aromatic rings. The van der Waals surface area contributed by atoms with Gasteiger partial charge in [0, 0.05) is 18.7 Å². The number of H-pyrrole nitrogens is 2. The van der Waals surface area contributed by atoms with E-state index in [9.17, 15) is 24.5 Å². The fourth-order valence-electron chi connectivity index (χ4n) is 1.88. The smallest absolute Gasteiger partial charge is 0.320 e. The lowest BCUT2D eigenvalue weighted by Gasteiger charge is -2.11. The molecule has 4 N–H and O–H groups in total. The number of nitrogens with one attached hydrogen (secondary N) is 3. The minimum Gasteiger partial charge on any atom is -0.480 e. The first-order chi connectivity index (χ1) is 10.3. The number of nitro benzene ring substituents is 1.